The third-order valence-electron chi connectivity index (χ3n) is 1.20. The van der Waals surface area contributed by atoms with Gasteiger partial charge in [0.05, 0.1) is 0 Å². The molecule has 25 heavy (non-hydrogen) atoms. The van der Waals surface area contributed by atoms with Crippen molar-refractivity contribution in [2.45, 2.75) is 12.8 Å². The maximum absolute atomic E-state index is 9.75. The van der Waals surface area contributed by atoms with Gasteiger partial charge in [0.15, 0.2) is 0 Å². The Morgan fingerprint density at radius 2 is 0.880 bits per heavy atom. The van der Waals surface area contributed by atoms with Crippen LogP contribution in [-0.2, 0) is 4.74 Å². The summed E-state index contributed by atoms with van der Waals surface area (Å²) in [6.07, 6.45) is 2.41. The van der Waals surface area contributed by atoms with E-state index in [9.17, 15) is 51.8 Å². The average molecular weight is 432 g/mol. The van der Waals surface area contributed by atoms with Crippen LogP contribution in [0.1, 0.15) is 12.8 Å². The van der Waals surface area contributed by atoms with E-state index in [1.807, 2.05) is 0 Å². The van der Waals surface area contributed by atoms with Gasteiger partial charge in [0.1, 0.15) is 0 Å². The molecule has 0 heterocycles. The first-order chi connectivity index (χ1) is 10.3. The second-order valence-electron chi connectivity index (χ2n) is 3.99. The third kappa shape index (κ3) is 274. The molecule has 0 aromatic rings. The topological polar surface area (TPSA) is 12.5 Å². The molecule has 0 aliphatic heterocycles. The molecule has 0 saturated heterocycles. The minimum absolute atomic E-state index is 0. The first kappa shape index (κ1) is 36.8. The Labute approximate surface area is 180 Å². The van der Waals surface area contributed by atoms with Crippen LogP contribution in [0.5, 0.6) is 0 Å². The van der Waals surface area contributed by atoms with Crippen LogP contribution in [0.25, 0.3) is 0 Å². The second kappa shape index (κ2) is 19.7. The van der Waals surface area contributed by atoms with Gasteiger partial charge >= 0.3 is 73.1 Å². The van der Waals surface area contributed by atoms with Gasteiger partial charge < -0.3 is 61.4 Å². The van der Waals surface area contributed by atoms with Crippen LogP contribution in [0.15, 0.2) is 0 Å². The van der Waals surface area contributed by atoms with Crippen molar-refractivity contribution >= 4 is 73.1 Å². The van der Waals surface area contributed by atoms with Crippen molar-refractivity contribution < 1.29 is 56.5 Å². The summed E-state index contributed by atoms with van der Waals surface area (Å²) < 4.78 is 122. The van der Waals surface area contributed by atoms with Crippen LogP contribution in [0.2, 0.25) is 0 Å². The Hall–Kier alpha value is 0.911. The number of rotatable bonds is 5. The molecule has 0 spiro atoms. The molecule has 0 aliphatic rings. The molecule has 0 fully saturated rings. The van der Waals surface area contributed by atoms with Gasteiger partial charge in [-0.1, -0.05) is 0 Å². The second-order valence-corrected chi connectivity index (χ2v) is 3.99. The zero-order valence-electron chi connectivity index (χ0n) is 13.0. The van der Waals surface area contributed by atoms with E-state index in [0.29, 0.717) is 0 Å². The standard InChI is InChI=1S/C7H17NO.3BF4.K.H/c1-8(2)6-4-5-7-9-3;3*2-1(3,4)5;;/h4-7H2,1-3H3;;;;;/q;3*-1;;. The van der Waals surface area contributed by atoms with Crippen LogP contribution < -0.4 is 0 Å². The monoisotopic (exact) mass is 432 g/mol. The fraction of sp³-hybridized carbons (Fsp3) is 1.00. The normalized spacial score (nSPS) is 11.0. The fourth-order valence-corrected chi connectivity index (χ4v) is 0.674. The molecule has 0 rings (SSSR count). The number of nitrogens with zero attached hydrogens (tertiary/aromatic N) is 1. The molecule has 0 atom stereocenters. The average Bonchev–Trinajstić information content (AvgIpc) is 2.16. The molecular formula is C7H18B3F12KNO-3. The summed E-state index contributed by atoms with van der Waals surface area (Å²) in [5.74, 6) is 0. The van der Waals surface area contributed by atoms with Gasteiger partial charge in [-0.3, -0.25) is 0 Å². The number of unbranched alkanes of at least 4 members (excludes halogenated alkanes) is 1. The van der Waals surface area contributed by atoms with E-state index in [-0.39, 0.29) is 51.4 Å². The minimum atomic E-state index is -6.00. The molecule has 0 saturated carbocycles. The molecule has 0 amide bonds. The first-order valence-electron chi connectivity index (χ1n) is 6.03. The Kier molecular flexibility index (Phi) is 28.9. The number of halogens is 12. The molecule has 18 heteroatoms. The fourth-order valence-electron chi connectivity index (χ4n) is 0.674. The van der Waals surface area contributed by atoms with Gasteiger partial charge in [0.25, 0.3) is 0 Å². The third-order valence-corrected chi connectivity index (χ3v) is 1.20. The van der Waals surface area contributed by atoms with E-state index in [1.54, 1.807) is 7.11 Å². The van der Waals surface area contributed by atoms with Gasteiger partial charge in [-0.15, -0.1) is 0 Å². The number of hydrogen-bond acceptors (Lipinski definition) is 2. The van der Waals surface area contributed by atoms with Crippen molar-refractivity contribution in [2.75, 3.05) is 34.4 Å². The van der Waals surface area contributed by atoms with Crippen LogP contribution in [0.3, 0.4) is 0 Å². The van der Waals surface area contributed by atoms with Crippen molar-refractivity contribution in [3.63, 3.8) is 0 Å². The van der Waals surface area contributed by atoms with Crippen LogP contribution in [0.4, 0.5) is 51.8 Å². The van der Waals surface area contributed by atoms with E-state index in [0.717, 1.165) is 6.61 Å². The van der Waals surface area contributed by atoms with Gasteiger partial charge in [-0.05, 0) is 33.5 Å². The number of methoxy groups -OCH3 is 1. The van der Waals surface area contributed by atoms with Crippen molar-refractivity contribution in [1.82, 2.24) is 4.90 Å². The van der Waals surface area contributed by atoms with Gasteiger partial charge in [-0.2, -0.15) is 0 Å². The van der Waals surface area contributed by atoms with Crippen molar-refractivity contribution in [2.24, 2.45) is 0 Å². The van der Waals surface area contributed by atoms with Gasteiger partial charge in [0, 0.05) is 13.7 Å². The van der Waals surface area contributed by atoms with Crippen LogP contribution in [-0.4, -0.2) is 112 Å². The zero-order valence-corrected chi connectivity index (χ0v) is 13.0. The molecular weight excluding hydrogens is 414 g/mol. The Morgan fingerprint density at radius 3 is 1.04 bits per heavy atom. The zero-order chi connectivity index (χ0) is 20.6. The van der Waals surface area contributed by atoms with Crippen molar-refractivity contribution in [3.05, 3.63) is 0 Å². The predicted molar refractivity (Wildman–Crippen MR) is 77.4 cm³/mol. The molecule has 0 aliphatic carbocycles. The van der Waals surface area contributed by atoms with E-state index in [1.165, 1.54) is 19.4 Å². The molecule has 0 radical (unpaired) electrons. The van der Waals surface area contributed by atoms with E-state index >= 15 is 0 Å². The van der Waals surface area contributed by atoms with Crippen LogP contribution in [0, 0.1) is 0 Å². The Balaban J connectivity index is -0.0000000733. The Bertz CT molecular complexity index is 216. The molecule has 0 N–H and O–H groups in total. The predicted octanol–water partition coefficient (Wildman–Crippen LogP) is 4.23. The summed E-state index contributed by atoms with van der Waals surface area (Å²) in [7, 11) is -12.1. The number of hydrogen-bond donors (Lipinski definition) is 0. The molecule has 0 bridgehead atoms. The molecule has 2 nitrogen and oxygen atoms in total. The van der Waals surface area contributed by atoms with Gasteiger partial charge in [0.2, 0.25) is 0 Å². The summed E-state index contributed by atoms with van der Waals surface area (Å²) >= 11 is 0. The summed E-state index contributed by atoms with van der Waals surface area (Å²) in [4.78, 5) is 2.19. The molecule has 0 aromatic carbocycles. The summed E-state index contributed by atoms with van der Waals surface area (Å²) in [6.45, 7) is 2.07. The van der Waals surface area contributed by atoms with Crippen molar-refractivity contribution in [3.8, 4) is 0 Å². The maximum atomic E-state index is 9.75. The van der Waals surface area contributed by atoms with E-state index < -0.39 is 21.8 Å². The SMILES string of the molecule is COCCCCN(C)C.F[B-](F)(F)F.F[B-](F)(F)F.F[B-](F)(F)F.[KH]. The summed E-state index contributed by atoms with van der Waals surface area (Å²) in [5.41, 5.74) is 0. The van der Waals surface area contributed by atoms with Gasteiger partial charge in [-0.25, -0.2) is 0 Å². The summed E-state index contributed by atoms with van der Waals surface area (Å²) in [5, 5.41) is 0. The first-order valence-corrected chi connectivity index (χ1v) is 6.03. The molecule has 154 valence electrons. The Morgan fingerprint density at radius 1 is 0.640 bits per heavy atom. The molecule has 0 aromatic heterocycles. The molecule has 0 unspecified atom stereocenters. The van der Waals surface area contributed by atoms with E-state index in [4.69, 9.17) is 4.74 Å². The van der Waals surface area contributed by atoms with Crippen molar-refractivity contribution in [1.29, 1.82) is 0 Å². The van der Waals surface area contributed by atoms with E-state index in [2.05, 4.69) is 19.0 Å². The van der Waals surface area contributed by atoms with Crippen LogP contribution >= 0.6 is 0 Å². The summed E-state index contributed by atoms with van der Waals surface area (Å²) in [6, 6.07) is 0. The number of ether oxygens (including phenoxy) is 1. The quantitative estimate of drug-likeness (QED) is 0.367.